The van der Waals surface area contributed by atoms with Gasteiger partial charge in [-0.05, 0) is 35.7 Å². The molecule has 3 N–H and O–H groups in total. The van der Waals surface area contributed by atoms with E-state index in [2.05, 4.69) is 17.6 Å². The van der Waals surface area contributed by atoms with Gasteiger partial charge in [0.25, 0.3) is 11.8 Å². The van der Waals surface area contributed by atoms with Crippen LogP contribution in [0.2, 0.25) is 0 Å². The molecule has 0 radical (unpaired) electrons. The molecule has 2 amide bonds. The molecule has 8 heteroatoms. The van der Waals surface area contributed by atoms with Crippen LogP contribution in [-0.2, 0) is 16.9 Å². The Hall–Kier alpha value is -4.04. The van der Waals surface area contributed by atoms with Crippen molar-refractivity contribution in [1.29, 1.82) is 5.41 Å². The van der Waals surface area contributed by atoms with Crippen molar-refractivity contribution in [3.05, 3.63) is 118 Å². The van der Waals surface area contributed by atoms with Gasteiger partial charge in [-0.25, -0.2) is 0 Å². The Bertz CT molecular complexity index is 1360. The highest BCUT2D eigenvalue weighted by Gasteiger charge is 2.52. The van der Waals surface area contributed by atoms with Gasteiger partial charge in [-0.15, -0.1) is 11.8 Å². The lowest BCUT2D eigenvalue weighted by Crippen LogP contribution is -2.45. The van der Waals surface area contributed by atoms with Gasteiger partial charge in [0.1, 0.15) is 0 Å². The van der Waals surface area contributed by atoms with Gasteiger partial charge >= 0.3 is 0 Å². The van der Waals surface area contributed by atoms with Crippen LogP contribution in [0.5, 0.6) is 0 Å². The minimum atomic E-state index is -1.18. The van der Waals surface area contributed by atoms with E-state index in [1.165, 1.54) is 9.81 Å². The molecule has 0 aromatic heterocycles. The normalized spacial score (nSPS) is 20.2. The van der Waals surface area contributed by atoms with E-state index in [1.54, 1.807) is 11.8 Å². The quantitative estimate of drug-likeness (QED) is 0.486. The van der Waals surface area contributed by atoms with Gasteiger partial charge < -0.3 is 15.5 Å². The molecule has 0 saturated carbocycles. The van der Waals surface area contributed by atoms with E-state index >= 15 is 0 Å². The van der Waals surface area contributed by atoms with Crippen molar-refractivity contribution in [2.75, 3.05) is 13.1 Å². The summed E-state index contributed by atoms with van der Waals surface area (Å²) in [6.45, 7) is 3.52. The van der Waals surface area contributed by atoms with Crippen LogP contribution in [0.3, 0.4) is 0 Å². The second-order valence-corrected chi connectivity index (χ2v) is 11.0. The Balaban J connectivity index is 1.25. The molecule has 3 heterocycles. The zero-order valence-corrected chi connectivity index (χ0v) is 21.2. The summed E-state index contributed by atoms with van der Waals surface area (Å²) in [6, 6.07) is 26.4. The molecule has 3 aromatic carbocycles. The maximum absolute atomic E-state index is 14.0. The van der Waals surface area contributed by atoms with E-state index in [0.29, 0.717) is 24.0 Å². The summed E-state index contributed by atoms with van der Waals surface area (Å²) in [7, 11) is 0. The first-order valence-corrected chi connectivity index (χ1v) is 13.2. The first-order chi connectivity index (χ1) is 18.0. The fourth-order valence-corrected chi connectivity index (χ4v) is 6.45. The van der Waals surface area contributed by atoms with Gasteiger partial charge in [0.15, 0.2) is 11.5 Å². The van der Waals surface area contributed by atoms with Crippen molar-refractivity contribution >= 4 is 29.5 Å². The minimum absolute atomic E-state index is 0.0322. The zero-order chi connectivity index (χ0) is 25.6. The number of carbonyl (C=O) groups excluding carboxylic acids is 2. The van der Waals surface area contributed by atoms with E-state index in [0.717, 1.165) is 22.4 Å². The highest BCUT2D eigenvalue weighted by Crippen LogP contribution is 2.37. The number of hydrogen-bond donors (Lipinski definition) is 3. The third kappa shape index (κ3) is 3.97. The number of nitrogens with one attached hydrogen (secondary N) is 3. The van der Waals surface area contributed by atoms with Crippen LogP contribution in [0.4, 0.5) is 0 Å². The smallest absolute Gasteiger partial charge is 0.264 e. The average Bonchev–Trinajstić information content (AvgIpc) is 3.55. The Labute approximate surface area is 220 Å². The maximum Gasteiger partial charge on any atom is 0.264 e. The number of rotatable bonds is 5. The summed E-state index contributed by atoms with van der Waals surface area (Å²) in [4.78, 5) is 31.9. The van der Waals surface area contributed by atoms with Crippen LogP contribution in [0.15, 0.2) is 95.5 Å². The summed E-state index contributed by atoms with van der Waals surface area (Å²) >= 11 is 1.77. The molecule has 1 atom stereocenters. The van der Waals surface area contributed by atoms with Crippen molar-refractivity contribution in [1.82, 2.24) is 20.4 Å². The molecule has 3 aliphatic rings. The minimum Gasteiger partial charge on any atom is -0.374 e. The monoisotopic (exact) mass is 509 g/mol. The molecule has 7 nitrogen and oxygen atoms in total. The Morgan fingerprint density at radius 1 is 1.00 bits per heavy atom. The SMILES string of the molecule is CC1NC2=C(CN(C(=O)c3cccc(CN4C(=N)NC(c5ccccc5)(c5ccccc5)C4=O)c3)C2)S1. The van der Waals surface area contributed by atoms with Gasteiger partial charge in [0.05, 0.1) is 25.0 Å². The maximum atomic E-state index is 14.0. The second kappa shape index (κ2) is 9.12. The van der Waals surface area contributed by atoms with Crippen LogP contribution >= 0.6 is 11.8 Å². The van der Waals surface area contributed by atoms with E-state index in [4.69, 9.17) is 5.41 Å². The number of amides is 2. The molecule has 1 unspecified atom stereocenters. The van der Waals surface area contributed by atoms with E-state index in [9.17, 15) is 9.59 Å². The molecule has 37 heavy (non-hydrogen) atoms. The molecular formula is C29H27N5O2S. The fourth-order valence-electron chi connectivity index (χ4n) is 5.33. The topological polar surface area (TPSA) is 88.5 Å². The van der Waals surface area contributed by atoms with Gasteiger partial charge in [-0.3, -0.25) is 19.9 Å². The number of nitrogens with zero attached hydrogens (tertiary/aromatic N) is 2. The number of guanidine groups is 1. The summed E-state index contributed by atoms with van der Waals surface area (Å²) in [6.07, 6.45) is 0. The highest BCUT2D eigenvalue weighted by molar-refractivity contribution is 8.03. The van der Waals surface area contributed by atoms with Crippen LogP contribution < -0.4 is 10.6 Å². The standard InChI is InChI=1S/C29H27N5O2S/c1-19-31-24-17-33(18-25(24)37-19)26(35)21-10-8-9-20(15-21)16-34-27(36)29(32-28(34)30,22-11-4-2-5-12-22)23-13-6-3-7-14-23/h2-15,19,31H,16-18H2,1H3,(H2,30,32). The van der Waals surface area contributed by atoms with E-state index in [-0.39, 0.29) is 24.3 Å². The number of benzene rings is 3. The lowest BCUT2D eigenvalue weighted by molar-refractivity contribution is -0.130. The molecular weight excluding hydrogens is 482 g/mol. The predicted octanol–water partition coefficient (Wildman–Crippen LogP) is 3.85. The lowest BCUT2D eigenvalue weighted by Gasteiger charge is -2.28. The first kappa shape index (κ1) is 23.4. The van der Waals surface area contributed by atoms with E-state index in [1.807, 2.05) is 89.8 Å². The Morgan fingerprint density at radius 3 is 2.32 bits per heavy atom. The molecule has 3 aliphatic heterocycles. The van der Waals surface area contributed by atoms with Crippen molar-refractivity contribution in [2.45, 2.75) is 24.4 Å². The summed E-state index contributed by atoms with van der Waals surface area (Å²) < 4.78 is 0. The van der Waals surface area contributed by atoms with Gasteiger partial charge in [0, 0.05) is 16.2 Å². The molecule has 0 spiro atoms. The van der Waals surface area contributed by atoms with Gasteiger partial charge in [-0.2, -0.15) is 0 Å². The Kier molecular flexibility index (Phi) is 5.76. The summed E-state index contributed by atoms with van der Waals surface area (Å²) in [5.41, 5.74) is 2.89. The van der Waals surface area contributed by atoms with Crippen molar-refractivity contribution < 1.29 is 9.59 Å². The molecule has 3 aromatic rings. The van der Waals surface area contributed by atoms with Crippen LogP contribution in [0.1, 0.15) is 34.0 Å². The third-order valence-electron chi connectivity index (χ3n) is 7.07. The van der Waals surface area contributed by atoms with Gasteiger partial charge in [-0.1, -0.05) is 72.8 Å². The lowest BCUT2D eigenvalue weighted by atomic mass is 9.82. The molecule has 1 fully saturated rings. The number of hydrogen-bond acceptors (Lipinski definition) is 5. The fraction of sp³-hybridized carbons (Fsp3) is 0.207. The van der Waals surface area contributed by atoms with Crippen molar-refractivity contribution in [2.24, 2.45) is 0 Å². The summed E-state index contributed by atoms with van der Waals surface area (Å²) in [5.74, 6) is -0.217. The predicted molar refractivity (Wildman–Crippen MR) is 145 cm³/mol. The molecule has 0 aliphatic carbocycles. The number of thioether (sulfide) groups is 1. The zero-order valence-electron chi connectivity index (χ0n) is 20.4. The van der Waals surface area contributed by atoms with Crippen LogP contribution in [0, 0.1) is 5.41 Å². The van der Waals surface area contributed by atoms with E-state index < -0.39 is 5.54 Å². The molecule has 186 valence electrons. The highest BCUT2D eigenvalue weighted by atomic mass is 32.2. The van der Waals surface area contributed by atoms with Gasteiger partial charge in [0.2, 0.25) is 0 Å². The molecule has 6 rings (SSSR count). The molecule has 1 saturated heterocycles. The third-order valence-corrected chi connectivity index (χ3v) is 8.21. The largest absolute Gasteiger partial charge is 0.374 e. The summed E-state index contributed by atoms with van der Waals surface area (Å²) in [5, 5.41) is 15.7. The van der Waals surface area contributed by atoms with Crippen LogP contribution in [0.25, 0.3) is 0 Å². The van der Waals surface area contributed by atoms with Crippen LogP contribution in [-0.4, -0.2) is 46.0 Å². The van der Waals surface area contributed by atoms with Crippen molar-refractivity contribution in [3.8, 4) is 0 Å². The number of carbonyl (C=O) groups is 2. The molecule has 0 bridgehead atoms. The average molecular weight is 510 g/mol. The first-order valence-electron chi connectivity index (χ1n) is 12.3. The van der Waals surface area contributed by atoms with Crippen molar-refractivity contribution in [3.63, 3.8) is 0 Å². The second-order valence-electron chi connectivity index (χ2n) is 9.51. The Morgan fingerprint density at radius 2 is 1.68 bits per heavy atom.